The van der Waals surface area contributed by atoms with E-state index in [1.165, 1.54) is 0 Å². The van der Waals surface area contributed by atoms with Gasteiger partial charge in [-0.1, -0.05) is 73.4 Å². The largest absolute Gasteiger partial charge is 0.426 e. The highest BCUT2D eigenvalue weighted by Crippen LogP contribution is 2.36. The third-order valence-electron chi connectivity index (χ3n) is 6.13. The van der Waals surface area contributed by atoms with Crippen LogP contribution in [0, 0.1) is 5.92 Å². The molecule has 3 aromatic carbocycles. The van der Waals surface area contributed by atoms with E-state index in [1.54, 1.807) is 36.4 Å². The summed E-state index contributed by atoms with van der Waals surface area (Å²) in [5.74, 6) is -0.0258. The molecule has 5 nitrogen and oxygen atoms in total. The quantitative estimate of drug-likeness (QED) is 0.208. The fourth-order valence-corrected chi connectivity index (χ4v) is 4.73. The number of esters is 1. The lowest BCUT2D eigenvalue weighted by Gasteiger charge is -2.35. The molecular weight excluding hydrogens is 519 g/mol. The molecule has 36 heavy (non-hydrogen) atoms. The SMILES string of the molecule is CC[C@](O)(c1cccc(OC(=O)Cc2ccccc2Nc2c(Cl)cccc2Cl)c1)[C@H](C)CN(C)C.Cl. The lowest BCUT2D eigenvalue weighted by atomic mass is 9.80. The molecule has 3 aromatic rings. The van der Waals surface area contributed by atoms with Gasteiger partial charge in [-0.2, -0.15) is 0 Å². The summed E-state index contributed by atoms with van der Waals surface area (Å²) in [5.41, 5.74) is 1.74. The van der Waals surface area contributed by atoms with E-state index in [9.17, 15) is 9.90 Å². The Labute approximate surface area is 229 Å². The minimum absolute atomic E-state index is 0. The standard InChI is InChI=1S/C28H32Cl2N2O3.ClH/c1-5-28(34,19(2)18-32(3)4)21-11-8-12-22(17-21)35-26(33)16-20-10-6-7-15-25(20)31-27-23(29)13-9-14-24(27)30;/h6-15,17,19,31,34H,5,16,18H2,1-4H3;1H/t19-,28-;/m1./s1. The zero-order valence-corrected chi connectivity index (χ0v) is 23.3. The van der Waals surface area contributed by atoms with Crippen LogP contribution < -0.4 is 10.1 Å². The van der Waals surface area contributed by atoms with Crippen molar-refractivity contribution in [1.82, 2.24) is 4.90 Å². The van der Waals surface area contributed by atoms with Crippen molar-refractivity contribution in [2.24, 2.45) is 5.92 Å². The van der Waals surface area contributed by atoms with Gasteiger partial charge in [0.1, 0.15) is 5.75 Å². The maximum Gasteiger partial charge on any atom is 0.315 e. The van der Waals surface area contributed by atoms with Crippen LogP contribution in [0.1, 0.15) is 31.4 Å². The topological polar surface area (TPSA) is 61.8 Å². The maximum atomic E-state index is 12.9. The van der Waals surface area contributed by atoms with E-state index in [1.807, 2.05) is 58.3 Å². The van der Waals surface area contributed by atoms with Crippen molar-refractivity contribution in [2.45, 2.75) is 32.3 Å². The number of para-hydroxylation sites is 2. The van der Waals surface area contributed by atoms with E-state index in [0.29, 0.717) is 33.6 Å². The van der Waals surface area contributed by atoms with E-state index in [-0.39, 0.29) is 24.7 Å². The van der Waals surface area contributed by atoms with Crippen LogP contribution in [0.15, 0.2) is 66.7 Å². The molecule has 0 aliphatic carbocycles. The van der Waals surface area contributed by atoms with E-state index in [0.717, 1.165) is 17.7 Å². The average Bonchev–Trinajstić information content (AvgIpc) is 2.81. The molecule has 0 fully saturated rings. The van der Waals surface area contributed by atoms with Crippen LogP contribution in [0.3, 0.4) is 0 Å². The molecule has 0 aliphatic heterocycles. The number of nitrogens with zero attached hydrogens (tertiary/aromatic N) is 1. The van der Waals surface area contributed by atoms with Gasteiger partial charge in [0.15, 0.2) is 0 Å². The highest BCUT2D eigenvalue weighted by Gasteiger charge is 2.34. The number of hydrogen-bond donors (Lipinski definition) is 2. The molecule has 0 bridgehead atoms. The van der Waals surface area contributed by atoms with Crippen molar-refractivity contribution in [2.75, 3.05) is 26.0 Å². The molecule has 8 heteroatoms. The number of halogens is 3. The van der Waals surface area contributed by atoms with Gasteiger partial charge < -0.3 is 20.1 Å². The second-order valence-electron chi connectivity index (χ2n) is 9.00. The molecule has 0 aliphatic rings. The lowest BCUT2D eigenvalue weighted by molar-refractivity contribution is -0.133. The van der Waals surface area contributed by atoms with Crippen molar-refractivity contribution < 1.29 is 14.6 Å². The molecule has 0 aromatic heterocycles. The first-order valence-electron chi connectivity index (χ1n) is 11.6. The number of hydrogen-bond acceptors (Lipinski definition) is 5. The Bertz CT molecular complexity index is 1150. The fourth-order valence-electron chi connectivity index (χ4n) is 4.24. The normalized spacial score (nSPS) is 13.4. The lowest BCUT2D eigenvalue weighted by Crippen LogP contribution is -2.38. The highest BCUT2D eigenvalue weighted by molar-refractivity contribution is 6.39. The van der Waals surface area contributed by atoms with Gasteiger partial charge in [0, 0.05) is 18.2 Å². The number of rotatable bonds is 10. The zero-order valence-electron chi connectivity index (χ0n) is 20.9. The molecule has 3 rings (SSSR count). The highest BCUT2D eigenvalue weighted by atomic mass is 35.5. The number of ether oxygens (including phenoxy) is 1. The number of anilines is 2. The number of benzene rings is 3. The first-order valence-corrected chi connectivity index (χ1v) is 12.4. The number of carbonyl (C=O) groups excluding carboxylic acids is 1. The van der Waals surface area contributed by atoms with Gasteiger partial charge in [-0.15, -0.1) is 12.4 Å². The molecule has 0 spiro atoms. The van der Waals surface area contributed by atoms with Gasteiger partial charge in [0.2, 0.25) is 0 Å². The summed E-state index contributed by atoms with van der Waals surface area (Å²) in [6.07, 6.45) is 0.591. The molecule has 0 radical (unpaired) electrons. The summed E-state index contributed by atoms with van der Waals surface area (Å²) < 4.78 is 5.67. The van der Waals surface area contributed by atoms with Crippen molar-refractivity contribution in [1.29, 1.82) is 0 Å². The Kier molecular flexibility index (Phi) is 11.1. The van der Waals surface area contributed by atoms with Crippen LogP contribution in [0.5, 0.6) is 5.75 Å². The van der Waals surface area contributed by atoms with Crippen molar-refractivity contribution in [3.8, 4) is 5.75 Å². The second-order valence-corrected chi connectivity index (χ2v) is 9.81. The van der Waals surface area contributed by atoms with Crippen molar-refractivity contribution in [3.05, 3.63) is 87.9 Å². The van der Waals surface area contributed by atoms with E-state index in [2.05, 4.69) is 10.2 Å². The Hall–Kier alpha value is -2.28. The van der Waals surface area contributed by atoms with Crippen molar-refractivity contribution in [3.63, 3.8) is 0 Å². The summed E-state index contributed by atoms with van der Waals surface area (Å²) in [6, 6.07) is 19.8. The minimum atomic E-state index is -1.03. The summed E-state index contributed by atoms with van der Waals surface area (Å²) >= 11 is 12.6. The Morgan fingerprint density at radius 3 is 2.33 bits per heavy atom. The molecule has 0 saturated heterocycles. The van der Waals surface area contributed by atoms with Gasteiger partial charge in [0.25, 0.3) is 0 Å². The van der Waals surface area contributed by atoms with Crippen LogP contribution in [0.2, 0.25) is 10.0 Å². The van der Waals surface area contributed by atoms with E-state index in [4.69, 9.17) is 27.9 Å². The predicted molar refractivity (Wildman–Crippen MR) is 151 cm³/mol. The Balaban J connectivity index is 0.00000456. The predicted octanol–water partition coefficient (Wildman–Crippen LogP) is 7.10. The molecule has 0 heterocycles. The summed E-state index contributed by atoms with van der Waals surface area (Å²) in [7, 11) is 3.97. The van der Waals surface area contributed by atoms with Gasteiger partial charge >= 0.3 is 5.97 Å². The molecule has 0 amide bonds. The van der Waals surface area contributed by atoms with Gasteiger partial charge in [-0.25, -0.2) is 0 Å². The molecule has 2 N–H and O–H groups in total. The second kappa shape index (κ2) is 13.3. The third-order valence-corrected chi connectivity index (χ3v) is 6.76. The van der Waals surface area contributed by atoms with Gasteiger partial charge in [-0.05, 0) is 62.0 Å². The summed E-state index contributed by atoms with van der Waals surface area (Å²) in [6.45, 7) is 4.71. The zero-order chi connectivity index (χ0) is 25.6. The average molecular weight is 552 g/mol. The van der Waals surface area contributed by atoms with Crippen LogP contribution in [0.4, 0.5) is 11.4 Å². The molecule has 0 unspecified atom stereocenters. The number of aliphatic hydroxyl groups is 1. The summed E-state index contributed by atoms with van der Waals surface area (Å²) in [5, 5.41) is 15.6. The molecule has 2 atom stereocenters. The first kappa shape index (κ1) is 29.9. The van der Waals surface area contributed by atoms with Crippen LogP contribution >= 0.6 is 35.6 Å². The Morgan fingerprint density at radius 1 is 1.06 bits per heavy atom. The van der Waals surface area contributed by atoms with E-state index >= 15 is 0 Å². The summed E-state index contributed by atoms with van der Waals surface area (Å²) in [4.78, 5) is 14.9. The number of nitrogens with one attached hydrogen (secondary N) is 1. The molecular formula is C28H33Cl3N2O3. The van der Waals surface area contributed by atoms with Gasteiger partial charge in [0.05, 0.1) is 27.8 Å². The third kappa shape index (κ3) is 7.37. The molecule has 0 saturated carbocycles. The van der Waals surface area contributed by atoms with Crippen LogP contribution in [-0.2, 0) is 16.8 Å². The van der Waals surface area contributed by atoms with Gasteiger partial charge in [-0.3, -0.25) is 4.79 Å². The smallest absolute Gasteiger partial charge is 0.315 e. The van der Waals surface area contributed by atoms with Crippen molar-refractivity contribution >= 4 is 53.0 Å². The first-order chi connectivity index (χ1) is 16.6. The monoisotopic (exact) mass is 550 g/mol. The van der Waals surface area contributed by atoms with E-state index < -0.39 is 11.6 Å². The Morgan fingerprint density at radius 2 is 1.69 bits per heavy atom. The number of carbonyl (C=O) groups is 1. The maximum absolute atomic E-state index is 12.9. The minimum Gasteiger partial charge on any atom is -0.426 e. The molecule has 194 valence electrons. The van der Waals surface area contributed by atoms with Crippen LogP contribution in [-0.4, -0.2) is 36.6 Å². The van der Waals surface area contributed by atoms with Crippen LogP contribution in [0.25, 0.3) is 0 Å². The fraction of sp³-hybridized carbons (Fsp3) is 0.321.